The van der Waals surface area contributed by atoms with E-state index in [2.05, 4.69) is 33.8 Å². The number of furan rings is 1. The Morgan fingerprint density at radius 2 is 1.70 bits per heavy atom. The molecule has 0 saturated heterocycles. The van der Waals surface area contributed by atoms with E-state index in [1.807, 2.05) is 54.6 Å². The highest BCUT2D eigenvalue weighted by Gasteiger charge is 2.59. The quantitative estimate of drug-likeness (QED) is 0.119. The van der Waals surface area contributed by atoms with Crippen molar-refractivity contribution in [3.63, 3.8) is 0 Å². The first-order valence-corrected chi connectivity index (χ1v) is 23.9. The largest absolute Gasteiger partial charge is 0.453 e. The molecular weight excluding hydrogens is 863 g/mol. The summed E-state index contributed by atoms with van der Waals surface area (Å²) in [6, 6.07) is 25.0. The zero-order chi connectivity index (χ0) is 46.8. The fraction of sp³-hybridized carbons (Fsp3) is 0.455. The van der Waals surface area contributed by atoms with Gasteiger partial charge in [0, 0.05) is 23.1 Å². The lowest BCUT2D eigenvalue weighted by Crippen LogP contribution is -2.58. The molecule has 6 aliphatic carbocycles. The van der Waals surface area contributed by atoms with Crippen LogP contribution >= 0.6 is 11.6 Å². The summed E-state index contributed by atoms with van der Waals surface area (Å²) in [6.07, 6.45) is 3.16. The summed E-state index contributed by atoms with van der Waals surface area (Å²) in [6.45, 7) is 9.31. The molecule has 4 saturated carbocycles. The van der Waals surface area contributed by atoms with Crippen LogP contribution in [0.4, 0.5) is 18.0 Å². The number of aliphatic hydroxyl groups is 2. The average Bonchev–Trinajstić information content (AvgIpc) is 3.87. The van der Waals surface area contributed by atoms with Crippen molar-refractivity contribution in [3.05, 3.63) is 136 Å². The van der Waals surface area contributed by atoms with E-state index in [-0.39, 0.29) is 45.9 Å². The fourth-order valence-electron chi connectivity index (χ4n) is 12.2. The predicted molar refractivity (Wildman–Crippen MR) is 251 cm³/mol. The summed E-state index contributed by atoms with van der Waals surface area (Å²) in [7, 11) is 0. The average molecular weight is 923 g/mol. The van der Waals surface area contributed by atoms with Crippen molar-refractivity contribution in [3.8, 4) is 17.1 Å². The van der Waals surface area contributed by atoms with E-state index in [4.69, 9.17) is 20.8 Å². The normalized spacial score (nSPS) is 27.4. The number of nitrogens with zero attached hydrogens (tertiary/aromatic N) is 1. The predicted octanol–water partition coefficient (Wildman–Crippen LogP) is 13.6. The third-order valence-corrected chi connectivity index (χ3v) is 16.7. The lowest BCUT2D eigenvalue weighted by Gasteiger charge is -2.60. The molecule has 0 radical (unpaired) electrons. The van der Waals surface area contributed by atoms with Gasteiger partial charge in [0.15, 0.2) is 5.76 Å². The lowest BCUT2D eigenvalue weighted by atomic mass is 9.45. The van der Waals surface area contributed by atoms with Crippen LogP contribution in [0, 0.1) is 28.6 Å². The molecule has 348 valence electrons. The molecule has 0 unspecified atom stereocenters. The Hall–Kier alpha value is -4.90. The van der Waals surface area contributed by atoms with E-state index < -0.39 is 40.7 Å². The maximum absolute atomic E-state index is 14.8. The number of aliphatic hydroxyl groups excluding tert-OH is 1. The van der Waals surface area contributed by atoms with Crippen LogP contribution in [-0.2, 0) is 12.6 Å². The molecule has 4 aromatic carbocycles. The number of ketones is 1. The maximum Gasteiger partial charge on any atom is 0.416 e. The Labute approximate surface area is 390 Å². The Kier molecular flexibility index (Phi) is 12.4. The van der Waals surface area contributed by atoms with Crippen LogP contribution in [0.2, 0.25) is 5.02 Å². The first-order valence-electron chi connectivity index (χ1n) is 23.5. The molecule has 11 rings (SSSR count). The zero-order valence-electron chi connectivity index (χ0n) is 38.1. The van der Waals surface area contributed by atoms with Crippen molar-refractivity contribution >= 4 is 34.2 Å². The van der Waals surface area contributed by atoms with E-state index in [9.17, 15) is 33.0 Å². The van der Waals surface area contributed by atoms with E-state index in [1.165, 1.54) is 12.1 Å². The number of halogens is 4. The first-order chi connectivity index (χ1) is 31.3. The lowest BCUT2D eigenvalue weighted by molar-refractivity contribution is -0.137. The minimum atomic E-state index is -4.61. The number of alkyl halides is 3. The molecule has 11 heteroatoms. The molecular formula is C55H59ClF3NO6. The van der Waals surface area contributed by atoms with Gasteiger partial charge in [-0.25, -0.2) is 4.79 Å². The molecule has 1 heterocycles. The highest BCUT2D eigenvalue weighted by Crippen LogP contribution is 2.62. The monoisotopic (exact) mass is 921 g/mol. The van der Waals surface area contributed by atoms with Crippen LogP contribution in [-0.4, -0.2) is 51.8 Å². The zero-order valence-corrected chi connectivity index (χ0v) is 38.9. The van der Waals surface area contributed by atoms with Gasteiger partial charge in [-0.05, 0) is 171 Å². The second kappa shape index (κ2) is 17.6. The third-order valence-electron chi connectivity index (χ3n) is 16.4. The van der Waals surface area contributed by atoms with Gasteiger partial charge in [0.25, 0.3) is 0 Å². The van der Waals surface area contributed by atoms with Gasteiger partial charge in [-0.1, -0.05) is 86.5 Å². The summed E-state index contributed by atoms with van der Waals surface area (Å²) in [5, 5.41) is 26.6. The number of fused-ring (bicyclic) bond motifs is 11. The van der Waals surface area contributed by atoms with Crippen molar-refractivity contribution in [2.45, 2.75) is 116 Å². The molecule has 66 heavy (non-hydrogen) atoms. The van der Waals surface area contributed by atoms with Crippen LogP contribution < -0.4 is 4.74 Å². The third kappa shape index (κ3) is 8.74. The van der Waals surface area contributed by atoms with Crippen molar-refractivity contribution in [2.75, 3.05) is 13.1 Å². The molecule has 7 nitrogen and oxygen atoms in total. The van der Waals surface area contributed by atoms with Crippen LogP contribution in [0.25, 0.3) is 22.1 Å². The number of allylic oxidation sites excluding steroid dienone is 2. The summed E-state index contributed by atoms with van der Waals surface area (Å²) in [5.41, 5.74) is -0.0687. The highest BCUT2D eigenvalue weighted by atomic mass is 35.5. The second-order valence-electron chi connectivity index (χ2n) is 20.6. The number of amides is 1. The summed E-state index contributed by atoms with van der Waals surface area (Å²) >= 11 is 6.39. The van der Waals surface area contributed by atoms with Crippen LogP contribution in [0.5, 0.6) is 5.75 Å². The molecule has 4 bridgehead atoms. The molecule has 1 amide bonds. The van der Waals surface area contributed by atoms with Crippen molar-refractivity contribution in [1.82, 2.24) is 4.90 Å². The van der Waals surface area contributed by atoms with Gasteiger partial charge in [0.1, 0.15) is 11.5 Å². The molecule has 4 fully saturated rings. The standard InChI is InChI=1S/C55H59ClF3NO6/c1-33-8-7-24-53(4)45(42-19-12-34(26-40(61)17-11-33)27-43(42)50(62)49-22-21-48(66-49)44-29-39(55(57,58)59)16-20-47(44)56)23-25-54(53,64)32-60(31-37-13-15-38-30-46(37)52(38,2)3)51(63)65-41-18-14-35-9-5-6-10-36(35)28-41/h5-6,8-10,12,14,16,18-22,27-29,37-38,40,45-46,61,64H,7,11,13,15,17,23-26,30-32H2,1-4H3/t37-,38-,40-,45-,46-,53-,54+/m0/s1. The minimum absolute atomic E-state index is 0.00601. The Morgan fingerprint density at radius 3 is 2.45 bits per heavy atom. The Bertz CT molecular complexity index is 2690. The van der Waals surface area contributed by atoms with Crippen molar-refractivity contribution in [1.29, 1.82) is 0 Å². The summed E-state index contributed by atoms with van der Waals surface area (Å²) in [5.74, 6) is 0.905. The maximum atomic E-state index is 14.8. The number of carbonyl (C=O) groups is 2. The fourth-order valence-corrected chi connectivity index (χ4v) is 12.4. The number of hydrogen-bond donors (Lipinski definition) is 2. The van der Waals surface area contributed by atoms with Crippen LogP contribution in [0.1, 0.15) is 124 Å². The second-order valence-corrected chi connectivity index (χ2v) is 21.0. The van der Waals surface area contributed by atoms with Gasteiger partial charge in [0.2, 0.25) is 5.78 Å². The van der Waals surface area contributed by atoms with Crippen molar-refractivity contribution < 1.29 is 42.1 Å². The number of hydrogen-bond acceptors (Lipinski definition) is 6. The summed E-state index contributed by atoms with van der Waals surface area (Å²) in [4.78, 5) is 31.3. The van der Waals surface area contributed by atoms with Gasteiger partial charge in [0.05, 0.1) is 28.8 Å². The van der Waals surface area contributed by atoms with E-state index in [1.54, 1.807) is 11.0 Å². The van der Waals surface area contributed by atoms with Gasteiger partial charge in [-0.2, -0.15) is 13.2 Å². The van der Waals surface area contributed by atoms with Gasteiger partial charge in [-0.15, -0.1) is 0 Å². The molecule has 1 aromatic heterocycles. The van der Waals surface area contributed by atoms with Gasteiger partial charge >= 0.3 is 12.3 Å². The molecule has 0 aliphatic heterocycles. The number of rotatable bonds is 8. The number of benzene rings is 4. The highest BCUT2D eigenvalue weighted by molar-refractivity contribution is 6.33. The van der Waals surface area contributed by atoms with Crippen LogP contribution in [0.3, 0.4) is 0 Å². The van der Waals surface area contributed by atoms with E-state index >= 15 is 0 Å². The SMILES string of the molecule is CC1=CCC[C@@]2(C)[C@@H](CC[C@@]2(O)CN(C[C@@H]2CC[C@H]3C[C@@H]2C3(C)C)C(=O)Oc2ccc3ccccc3c2)c2ccc(cc2C(=O)c2ccc(-c3cc(C(F)(F)F)ccc3Cl)o2)C[C@@H](O)CC1. The molecule has 7 atom stereocenters. The van der Waals surface area contributed by atoms with Gasteiger partial charge in [-0.3, -0.25) is 4.79 Å². The summed E-state index contributed by atoms with van der Waals surface area (Å²) < 4.78 is 53.5. The Balaban J connectivity index is 1.09. The number of carbonyl (C=O) groups excluding carboxylic acids is 2. The topological polar surface area (TPSA) is 100 Å². The Morgan fingerprint density at radius 1 is 0.909 bits per heavy atom. The van der Waals surface area contributed by atoms with Crippen molar-refractivity contribution in [2.24, 2.45) is 28.6 Å². The smallest absolute Gasteiger partial charge is 0.416 e. The number of ether oxygens (including phenoxy) is 1. The van der Waals surface area contributed by atoms with E-state index in [0.717, 1.165) is 59.4 Å². The molecule has 2 N–H and O–H groups in total. The minimum Gasteiger partial charge on any atom is -0.453 e. The molecule has 5 aromatic rings. The molecule has 6 aliphatic rings. The van der Waals surface area contributed by atoms with E-state index in [0.29, 0.717) is 80.2 Å². The first kappa shape index (κ1) is 46.2. The van der Waals surface area contributed by atoms with Crippen LogP contribution in [0.15, 0.2) is 107 Å². The van der Waals surface area contributed by atoms with Gasteiger partial charge < -0.3 is 24.3 Å². The molecule has 0 spiro atoms.